The fraction of sp³-hybridized carbons (Fsp3) is 0.333. The highest BCUT2D eigenvalue weighted by molar-refractivity contribution is 7.89. The van der Waals surface area contributed by atoms with Gasteiger partial charge in [-0.1, -0.05) is 17.7 Å². The predicted molar refractivity (Wildman–Crippen MR) is 104 cm³/mol. The molecule has 1 saturated heterocycles. The van der Waals surface area contributed by atoms with Crippen LogP contribution in [0.5, 0.6) is 0 Å². The van der Waals surface area contributed by atoms with Crippen molar-refractivity contribution in [2.24, 2.45) is 0 Å². The van der Waals surface area contributed by atoms with E-state index in [1.807, 2.05) is 30.5 Å². The SMILES string of the molecule is Cc1ccc(S(=O)(=O)N2CCC(Nc3ncnc4sccc34)CC2)cc1. The molecule has 0 bridgehead atoms. The Morgan fingerprint density at radius 3 is 2.58 bits per heavy atom. The van der Waals surface area contributed by atoms with E-state index in [9.17, 15) is 8.42 Å². The van der Waals surface area contributed by atoms with Crippen LogP contribution in [0.1, 0.15) is 18.4 Å². The maximum absolute atomic E-state index is 12.8. The molecule has 0 amide bonds. The fourth-order valence-electron chi connectivity index (χ4n) is 3.20. The van der Waals surface area contributed by atoms with E-state index in [0.717, 1.165) is 34.4 Å². The van der Waals surface area contributed by atoms with Crippen LogP contribution in [0.2, 0.25) is 0 Å². The highest BCUT2D eigenvalue weighted by Crippen LogP contribution is 2.27. The third-order valence-corrected chi connectivity index (χ3v) is 7.45. The molecule has 1 aromatic carbocycles. The van der Waals surface area contributed by atoms with Gasteiger partial charge in [0.15, 0.2) is 0 Å². The summed E-state index contributed by atoms with van der Waals surface area (Å²) in [7, 11) is -3.42. The first kappa shape index (κ1) is 17.4. The molecule has 2 aromatic heterocycles. The molecule has 136 valence electrons. The van der Waals surface area contributed by atoms with Crippen LogP contribution in [0.4, 0.5) is 5.82 Å². The number of anilines is 1. The summed E-state index contributed by atoms with van der Waals surface area (Å²) >= 11 is 1.59. The number of hydrogen-bond acceptors (Lipinski definition) is 6. The molecule has 0 radical (unpaired) electrons. The average Bonchev–Trinajstić information content (AvgIpc) is 3.12. The lowest BCUT2D eigenvalue weighted by atomic mass is 10.1. The van der Waals surface area contributed by atoms with Crippen LogP contribution in [-0.2, 0) is 10.0 Å². The lowest BCUT2D eigenvalue weighted by Crippen LogP contribution is -2.42. The number of aryl methyl sites for hydroxylation is 1. The number of fused-ring (bicyclic) bond motifs is 1. The average molecular weight is 389 g/mol. The number of benzene rings is 1. The molecular weight excluding hydrogens is 368 g/mol. The van der Waals surface area contributed by atoms with Gasteiger partial charge in [0.2, 0.25) is 10.0 Å². The van der Waals surface area contributed by atoms with Crippen molar-refractivity contribution in [2.45, 2.75) is 30.7 Å². The second kappa shape index (κ2) is 6.94. The Hall–Kier alpha value is -2.03. The minimum absolute atomic E-state index is 0.206. The normalized spacial score (nSPS) is 16.8. The minimum Gasteiger partial charge on any atom is -0.367 e. The maximum atomic E-state index is 12.8. The van der Waals surface area contributed by atoms with Crippen molar-refractivity contribution in [2.75, 3.05) is 18.4 Å². The highest BCUT2D eigenvalue weighted by Gasteiger charge is 2.29. The van der Waals surface area contributed by atoms with Crippen molar-refractivity contribution in [3.63, 3.8) is 0 Å². The number of nitrogens with zero attached hydrogens (tertiary/aromatic N) is 3. The summed E-state index contributed by atoms with van der Waals surface area (Å²) in [5.41, 5.74) is 1.05. The molecule has 0 spiro atoms. The quantitative estimate of drug-likeness (QED) is 0.742. The Bertz CT molecular complexity index is 1010. The third kappa shape index (κ3) is 3.32. The minimum atomic E-state index is -3.42. The van der Waals surface area contributed by atoms with Crippen LogP contribution in [-0.4, -0.2) is 41.8 Å². The maximum Gasteiger partial charge on any atom is 0.243 e. The first-order valence-corrected chi connectivity index (χ1v) is 10.9. The van der Waals surface area contributed by atoms with Crippen LogP contribution in [0.3, 0.4) is 0 Å². The summed E-state index contributed by atoms with van der Waals surface area (Å²) in [6.45, 7) is 2.96. The molecule has 0 saturated carbocycles. The first-order valence-electron chi connectivity index (χ1n) is 8.55. The molecule has 1 aliphatic rings. The zero-order chi connectivity index (χ0) is 18.1. The molecule has 26 heavy (non-hydrogen) atoms. The third-order valence-electron chi connectivity index (χ3n) is 4.72. The van der Waals surface area contributed by atoms with Crippen molar-refractivity contribution in [3.8, 4) is 0 Å². The van der Waals surface area contributed by atoms with E-state index < -0.39 is 10.0 Å². The van der Waals surface area contributed by atoms with Gasteiger partial charge in [0.1, 0.15) is 17.0 Å². The number of hydrogen-bond donors (Lipinski definition) is 1. The molecule has 1 fully saturated rings. The zero-order valence-electron chi connectivity index (χ0n) is 14.4. The van der Waals surface area contributed by atoms with Crippen LogP contribution in [0, 0.1) is 6.92 Å². The molecule has 0 aliphatic carbocycles. The van der Waals surface area contributed by atoms with E-state index in [1.54, 1.807) is 34.1 Å². The smallest absolute Gasteiger partial charge is 0.243 e. The van der Waals surface area contributed by atoms with E-state index >= 15 is 0 Å². The van der Waals surface area contributed by atoms with E-state index in [-0.39, 0.29) is 6.04 Å². The van der Waals surface area contributed by atoms with Gasteiger partial charge in [0.05, 0.1) is 10.3 Å². The van der Waals surface area contributed by atoms with E-state index in [1.165, 1.54) is 0 Å². The second-order valence-corrected chi connectivity index (χ2v) is 9.33. The summed E-state index contributed by atoms with van der Waals surface area (Å²) in [4.78, 5) is 9.93. The Balaban J connectivity index is 1.44. The molecule has 1 N–H and O–H groups in total. The summed E-state index contributed by atoms with van der Waals surface area (Å²) in [5.74, 6) is 0.830. The van der Waals surface area contributed by atoms with Crippen LogP contribution < -0.4 is 5.32 Å². The lowest BCUT2D eigenvalue weighted by molar-refractivity contribution is 0.329. The van der Waals surface area contributed by atoms with Gasteiger partial charge in [-0.25, -0.2) is 18.4 Å². The Morgan fingerprint density at radius 1 is 1.12 bits per heavy atom. The number of sulfonamides is 1. The highest BCUT2D eigenvalue weighted by atomic mass is 32.2. The van der Waals surface area contributed by atoms with Gasteiger partial charge in [-0.05, 0) is 43.3 Å². The van der Waals surface area contributed by atoms with Crippen molar-refractivity contribution < 1.29 is 8.42 Å². The van der Waals surface area contributed by atoms with Crippen molar-refractivity contribution in [3.05, 3.63) is 47.6 Å². The number of thiophene rings is 1. The fourth-order valence-corrected chi connectivity index (χ4v) is 5.40. The monoisotopic (exact) mass is 388 g/mol. The first-order chi connectivity index (χ1) is 12.5. The van der Waals surface area contributed by atoms with Crippen molar-refractivity contribution >= 4 is 37.4 Å². The van der Waals surface area contributed by atoms with Crippen LogP contribution in [0.15, 0.2) is 46.9 Å². The lowest BCUT2D eigenvalue weighted by Gasteiger charge is -2.32. The number of aromatic nitrogens is 2. The van der Waals surface area contributed by atoms with Gasteiger partial charge in [0, 0.05) is 19.1 Å². The van der Waals surface area contributed by atoms with Crippen LogP contribution in [0.25, 0.3) is 10.2 Å². The van der Waals surface area contributed by atoms with E-state index in [0.29, 0.717) is 18.0 Å². The Kier molecular flexibility index (Phi) is 4.64. The second-order valence-electron chi connectivity index (χ2n) is 6.50. The van der Waals surface area contributed by atoms with Gasteiger partial charge in [-0.2, -0.15) is 4.31 Å². The molecule has 1 aliphatic heterocycles. The van der Waals surface area contributed by atoms with Gasteiger partial charge in [-0.15, -0.1) is 11.3 Å². The molecule has 4 rings (SSSR count). The van der Waals surface area contributed by atoms with Gasteiger partial charge >= 0.3 is 0 Å². The molecule has 3 heterocycles. The number of rotatable bonds is 4. The number of nitrogens with one attached hydrogen (secondary N) is 1. The van der Waals surface area contributed by atoms with Gasteiger partial charge < -0.3 is 5.32 Å². The summed E-state index contributed by atoms with van der Waals surface area (Å²) in [6.07, 6.45) is 3.07. The standard InChI is InChI=1S/C18H20N4O2S2/c1-13-2-4-15(5-3-13)26(23,24)22-9-6-14(7-10-22)21-17-16-8-11-25-18(16)20-12-19-17/h2-5,8,11-12,14H,6-7,9-10H2,1H3,(H,19,20,21). The molecule has 8 heteroatoms. The summed E-state index contributed by atoms with van der Waals surface area (Å²) < 4.78 is 27.2. The Morgan fingerprint density at radius 2 is 1.85 bits per heavy atom. The Labute approximate surface area is 157 Å². The van der Waals surface area contributed by atoms with E-state index in [4.69, 9.17) is 0 Å². The van der Waals surface area contributed by atoms with E-state index in [2.05, 4.69) is 15.3 Å². The van der Waals surface area contributed by atoms with Gasteiger partial charge in [-0.3, -0.25) is 0 Å². The van der Waals surface area contributed by atoms with Crippen molar-refractivity contribution in [1.29, 1.82) is 0 Å². The molecule has 0 unspecified atom stereocenters. The molecule has 0 atom stereocenters. The molecular formula is C18H20N4O2S2. The van der Waals surface area contributed by atoms with Crippen LogP contribution >= 0.6 is 11.3 Å². The predicted octanol–water partition coefficient (Wildman–Crippen LogP) is 3.26. The zero-order valence-corrected chi connectivity index (χ0v) is 16.1. The summed E-state index contributed by atoms with van der Waals surface area (Å²) in [5, 5.41) is 6.49. The summed E-state index contributed by atoms with van der Waals surface area (Å²) in [6, 6.07) is 9.26. The molecule has 6 nitrogen and oxygen atoms in total. The van der Waals surface area contributed by atoms with Gasteiger partial charge in [0.25, 0.3) is 0 Å². The topological polar surface area (TPSA) is 75.2 Å². The largest absolute Gasteiger partial charge is 0.367 e. The molecule has 3 aromatic rings. The van der Waals surface area contributed by atoms with Crippen molar-refractivity contribution in [1.82, 2.24) is 14.3 Å². The number of piperidine rings is 1.